The van der Waals surface area contributed by atoms with Crippen LogP contribution in [0.4, 0.5) is 4.79 Å². The SMILES string of the molecule is O=C1N=CCN1. The summed E-state index contributed by atoms with van der Waals surface area (Å²) in [6.45, 7) is 0.596. The van der Waals surface area contributed by atoms with Gasteiger partial charge in [0.05, 0.1) is 6.54 Å². The highest BCUT2D eigenvalue weighted by Crippen LogP contribution is 1.75. The van der Waals surface area contributed by atoms with Gasteiger partial charge in [0.15, 0.2) is 0 Å². The van der Waals surface area contributed by atoms with Gasteiger partial charge < -0.3 is 5.32 Å². The average molecular weight is 84.1 g/mol. The van der Waals surface area contributed by atoms with Crippen LogP contribution in [0, 0.1) is 0 Å². The van der Waals surface area contributed by atoms with Crippen LogP contribution in [0.1, 0.15) is 0 Å². The zero-order valence-electron chi connectivity index (χ0n) is 3.14. The molecule has 0 saturated heterocycles. The van der Waals surface area contributed by atoms with Crippen molar-refractivity contribution in [3.8, 4) is 0 Å². The molecule has 3 nitrogen and oxygen atoms in total. The standard InChI is InChI=1S/C3H4N2O/c6-3-4-1-2-5-3/h1H,2H2,(H,5,6). The fraction of sp³-hybridized carbons (Fsp3) is 0.333. The molecule has 3 heteroatoms. The number of amides is 2. The quantitative estimate of drug-likeness (QED) is 0.433. The smallest absolute Gasteiger partial charge is 0.331 e. The van der Waals surface area contributed by atoms with E-state index in [9.17, 15) is 4.79 Å². The Balaban J connectivity index is 2.59. The Labute approximate surface area is 35.1 Å². The van der Waals surface area contributed by atoms with Gasteiger partial charge in [0, 0.05) is 6.21 Å². The molecule has 0 fully saturated rings. The summed E-state index contributed by atoms with van der Waals surface area (Å²) >= 11 is 0. The summed E-state index contributed by atoms with van der Waals surface area (Å²) in [6, 6.07) is -0.227. The second-order valence-electron chi connectivity index (χ2n) is 0.998. The molecule has 0 bridgehead atoms. The summed E-state index contributed by atoms with van der Waals surface area (Å²) in [7, 11) is 0. The predicted molar refractivity (Wildman–Crippen MR) is 21.9 cm³/mol. The number of hydrogen-bond donors (Lipinski definition) is 1. The van der Waals surface area contributed by atoms with Crippen LogP contribution in [0.25, 0.3) is 0 Å². The van der Waals surface area contributed by atoms with Crippen LogP contribution >= 0.6 is 0 Å². The Morgan fingerprint density at radius 1 is 2.00 bits per heavy atom. The number of hydrogen-bond acceptors (Lipinski definition) is 1. The fourth-order valence-electron chi connectivity index (χ4n) is 0.307. The number of carbonyl (C=O) groups is 1. The molecule has 1 heterocycles. The highest BCUT2D eigenvalue weighted by atomic mass is 16.2. The molecule has 0 aromatic heterocycles. The molecule has 0 aromatic carbocycles. The minimum absolute atomic E-state index is 0.227. The normalized spacial score (nSPS) is 18.3. The highest BCUT2D eigenvalue weighted by Gasteiger charge is 1.97. The van der Waals surface area contributed by atoms with E-state index in [1.165, 1.54) is 0 Å². The van der Waals surface area contributed by atoms with Crippen molar-refractivity contribution < 1.29 is 4.79 Å². The summed E-state index contributed by atoms with van der Waals surface area (Å²) in [5.74, 6) is 0. The molecule has 0 atom stereocenters. The van der Waals surface area contributed by atoms with Crippen LogP contribution in [0.2, 0.25) is 0 Å². The van der Waals surface area contributed by atoms with Crippen molar-refractivity contribution in [2.75, 3.05) is 6.54 Å². The first-order valence-corrected chi connectivity index (χ1v) is 1.70. The topological polar surface area (TPSA) is 41.5 Å². The van der Waals surface area contributed by atoms with Crippen molar-refractivity contribution in [3.05, 3.63) is 0 Å². The molecule has 0 spiro atoms. The van der Waals surface area contributed by atoms with Crippen LogP contribution in [0.15, 0.2) is 4.99 Å². The maximum absolute atomic E-state index is 9.93. The minimum atomic E-state index is -0.227. The van der Waals surface area contributed by atoms with Gasteiger partial charge in [-0.05, 0) is 0 Å². The average Bonchev–Trinajstić information content (AvgIpc) is 1.86. The van der Waals surface area contributed by atoms with Crippen LogP contribution in [-0.2, 0) is 0 Å². The van der Waals surface area contributed by atoms with E-state index in [0.717, 1.165) is 0 Å². The first-order valence-electron chi connectivity index (χ1n) is 1.70. The van der Waals surface area contributed by atoms with Gasteiger partial charge in [-0.3, -0.25) is 0 Å². The van der Waals surface area contributed by atoms with Gasteiger partial charge in [-0.15, -0.1) is 0 Å². The van der Waals surface area contributed by atoms with Gasteiger partial charge in [0.25, 0.3) is 0 Å². The van der Waals surface area contributed by atoms with E-state index in [0.29, 0.717) is 6.54 Å². The van der Waals surface area contributed by atoms with Gasteiger partial charge in [-0.25, -0.2) is 9.79 Å². The maximum Gasteiger partial charge on any atom is 0.340 e. The first kappa shape index (κ1) is 3.33. The molecule has 0 radical (unpaired) electrons. The van der Waals surface area contributed by atoms with E-state index >= 15 is 0 Å². The van der Waals surface area contributed by atoms with Crippen LogP contribution in [0.5, 0.6) is 0 Å². The van der Waals surface area contributed by atoms with E-state index in [1.54, 1.807) is 6.21 Å². The first-order chi connectivity index (χ1) is 2.89. The third-order valence-electron chi connectivity index (χ3n) is 0.553. The number of aliphatic imine (C=N–C) groups is 1. The number of nitrogens with zero attached hydrogens (tertiary/aromatic N) is 1. The molecule has 1 aliphatic heterocycles. The third-order valence-corrected chi connectivity index (χ3v) is 0.553. The van der Waals surface area contributed by atoms with Crippen molar-refractivity contribution >= 4 is 12.2 Å². The molecule has 1 rings (SSSR count). The molecule has 0 aliphatic carbocycles. The fourth-order valence-corrected chi connectivity index (χ4v) is 0.307. The summed E-state index contributed by atoms with van der Waals surface area (Å²) in [5.41, 5.74) is 0. The molecular formula is C3H4N2O. The largest absolute Gasteiger partial charge is 0.340 e. The molecule has 0 aromatic rings. The number of nitrogens with one attached hydrogen (secondary N) is 1. The Morgan fingerprint density at radius 2 is 2.83 bits per heavy atom. The summed E-state index contributed by atoms with van der Waals surface area (Å²) < 4.78 is 0. The van der Waals surface area contributed by atoms with Crippen molar-refractivity contribution in [1.82, 2.24) is 5.32 Å². The maximum atomic E-state index is 9.93. The lowest BCUT2D eigenvalue weighted by molar-refractivity contribution is 0.252. The summed E-state index contributed by atoms with van der Waals surface area (Å²) in [5, 5.41) is 2.46. The van der Waals surface area contributed by atoms with Gasteiger partial charge in [-0.1, -0.05) is 0 Å². The Kier molecular flexibility index (Phi) is 0.602. The van der Waals surface area contributed by atoms with E-state index in [4.69, 9.17) is 0 Å². The van der Waals surface area contributed by atoms with E-state index in [2.05, 4.69) is 10.3 Å². The van der Waals surface area contributed by atoms with E-state index < -0.39 is 0 Å². The van der Waals surface area contributed by atoms with Crippen molar-refractivity contribution in [2.24, 2.45) is 4.99 Å². The summed E-state index contributed by atoms with van der Waals surface area (Å²) in [4.78, 5) is 13.3. The lowest BCUT2D eigenvalue weighted by Gasteiger charge is -1.78. The molecule has 0 saturated carbocycles. The van der Waals surface area contributed by atoms with Crippen molar-refractivity contribution in [3.63, 3.8) is 0 Å². The molecule has 0 unspecified atom stereocenters. The van der Waals surface area contributed by atoms with Crippen LogP contribution < -0.4 is 5.32 Å². The lowest BCUT2D eigenvalue weighted by atomic mass is 10.8. The number of carbonyl (C=O) groups excluding carboxylic acids is 1. The van der Waals surface area contributed by atoms with Crippen molar-refractivity contribution in [2.45, 2.75) is 0 Å². The zero-order valence-corrected chi connectivity index (χ0v) is 3.14. The number of rotatable bonds is 0. The lowest BCUT2D eigenvalue weighted by Crippen LogP contribution is -2.12. The molecule has 1 N–H and O–H groups in total. The predicted octanol–water partition coefficient (Wildman–Crippen LogP) is -0.220. The number of urea groups is 1. The Hall–Kier alpha value is -0.860. The van der Waals surface area contributed by atoms with Crippen LogP contribution in [0.3, 0.4) is 0 Å². The molecule has 1 aliphatic rings. The molecule has 32 valence electrons. The van der Waals surface area contributed by atoms with E-state index in [-0.39, 0.29) is 6.03 Å². The van der Waals surface area contributed by atoms with E-state index in [1.807, 2.05) is 0 Å². The highest BCUT2D eigenvalue weighted by molar-refractivity contribution is 5.90. The minimum Gasteiger partial charge on any atom is -0.331 e. The van der Waals surface area contributed by atoms with Gasteiger partial charge in [-0.2, -0.15) is 0 Å². The second kappa shape index (κ2) is 1.08. The van der Waals surface area contributed by atoms with Crippen molar-refractivity contribution in [1.29, 1.82) is 0 Å². The van der Waals surface area contributed by atoms with Gasteiger partial charge in [0.1, 0.15) is 0 Å². The Morgan fingerprint density at radius 3 is 3.00 bits per heavy atom. The third kappa shape index (κ3) is 0.381. The second-order valence-corrected chi connectivity index (χ2v) is 0.998. The summed E-state index contributed by atoms with van der Waals surface area (Å²) in [6.07, 6.45) is 1.54. The Bertz CT molecular complexity index is 97.0. The van der Waals surface area contributed by atoms with Crippen LogP contribution in [-0.4, -0.2) is 18.8 Å². The molecule has 2 amide bonds. The van der Waals surface area contributed by atoms with Gasteiger partial charge in [0.2, 0.25) is 0 Å². The molecular weight excluding hydrogens is 80.0 g/mol. The van der Waals surface area contributed by atoms with Gasteiger partial charge >= 0.3 is 6.03 Å². The molecule has 6 heavy (non-hydrogen) atoms. The zero-order chi connectivity index (χ0) is 4.41. The monoisotopic (exact) mass is 84.0 g/mol.